The fourth-order valence-electron chi connectivity index (χ4n) is 5.15. The molecular weight excluding hydrogens is 584 g/mol. The number of nitrogens with zero attached hydrogens (tertiary/aromatic N) is 4. The van der Waals surface area contributed by atoms with E-state index in [9.17, 15) is 20.0 Å². The normalized spacial score (nSPS) is 16.3. The number of anilines is 1. The fraction of sp³-hybridized carbons (Fsp3) is 0.281. The molecule has 0 radical (unpaired) electrons. The molecule has 0 saturated carbocycles. The molecule has 1 aliphatic rings. The van der Waals surface area contributed by atoms with Crippen molar-refractivity contribution in [2.75, 3.05) is 25.6 Å². The van der Waals surface area contributed by atoms with E-state index in [4.69, 9.17) is 26.1 Å². The highest BCUT2D eigenvalue weighted by atomic mass is 35.5. The van der Waals surface area contributed by atoms with Crippen molar-refractivity contribution in [3.8, 4) is 34.3 Å². The van der Waals surface area contributed by atoms with Crippen LogP contribution in [0.4, 0.5) is 5.69 Å². The maximum atomic E-state index is 13.1. The van der Waals surface area contributed by atoms with Gasteiger partial charge in [0.1, 0.15) is 11.6 Å². The van der Waals surface area contributed by atoms with Gasteiger partial charge in [-0.05, 0) is 42.7 Å². The molecule has 12 heteroatoms. The largest absolute Gasteiger partial charge is 0.481 e. The summed E-state index contributed by atoms with van der Waals surface area (Å²) >= 11 is 6.99. The Hall–Kier alpha value is -4.60. The van der Waals surface area contributed by atoms with Crippen LogP contribution < -0.4 is 20.9 Å². The fourth-order valence-corrected chi connectivity index (χ4v) is 5.47. The van der Waals surface area contributed by atoms with E-state index in [1.54, 1.807) is 19.2 Å². The maximum absolute atomic E-state index is 13.1. The van der Waals surface area contributed by atoms with Crippen LogP contribution in [-0.2, 0) is 18.3 Å². The highest BCUT2D eigenvalue weighted by Crippen LogP contribution is 2.39. The number of rotatable bonds is 8. The molecule has 0 spiro atoms. The number of aryl methyl sites for hydroxylation is 1. The Morgan fingerprint density at radius 1 is 1.20 bits per heavy atom. The third-order valence-corrected chi connectivity index (χ3v) is 7.99. The Morgan fingerprint density at radius 2 is 1.95 bits per heavy atom. The van der Waals surface area contributed by atoms with Gasteiger partial charge in [-0.15, -0.1) is 0 Å². The molecule has 0 aliphatic carbocycles. The van der Waals surface area contributed by atoms with Crippen LogP contribution in [0.5, 0.6) is 5.88 Å². The van der Waals surface area contributed by atoms with E-state index in [1.807, 2.05) is 49.4 Å². The number of aliphatic hydroxyl groups excluding tert-OH is 1. The van der Waals surface area contributed by atoms with Gasteiger partial charge in [0.25, 0.3) is 11.5 Å². The lowest BCUT2D eigenvalue weighted by atomic mass is 9.96. The zero-order valence-corrected chi connectivity index (χ0v) is 25.2. The molecule has 2 aromatic heterocycles. The molecule has 0 unspecified atom stereocenters. The Labute approximate surface area is 259 Å². The number of methoxy groups -OCH3 is 1. The molecule has 0 bridgehead atoms. The summed E-state index contributed by atoms with van der Waals surface area (Å²) in [6, 6.07) is 17.8. The number of amides is 1. The molecule has 44 heavy (non-hydrogen) atoms. The van der Waals surface area contributed by atoms with Gasteiger partial charge in [-0.1, -0.05) is 48.0 Å². The van der Waals surface area contributed by atoms with E-state index in [2.05, 4.69) is 15.7 Å². The summed E-state index contributed by atoms with van der Waals surface area (Å²) in [7, 11) is 2.94. The molecule has 11 nitrogen and oxygen atoms in total. The van der Waals surface area contributed by atoms with Gasteiger partial charge in [-0.25, -0.2) is 9.67 Å². The summed E-state index contributed by atoms with van der Waals surface area (Å²) in [5.41, 5.74) is 4.02. The number of carbonyl (C=O) groups is 1. The number of nitrogens with one attached hydrogen (secondary N) is 2. The van der Waals surface area contributed by atoms with Crippen molar-refractivity contribution in [1.82, 2.24) is 20.1 Å². The van der Waals surface area contributed by atoms with Crippen LogP contribution >= 0.6 is 11.6 Å². The van der Waals surface area contributed by atoms with Crippen LogP contribution in [0.1, 0.15) is 33.6 Å². The first-order chi connectivity index (χ1) is 21.2. The number of hydrogen-bond donors (Lipinski definition) is 3. The topological polar surface area (TPSA) is 151 Å². The summed E-state index contributed by atoms with van der Waals surface area (Å²) < 4.78 is 11.9. The number of pyridine rings is 1. The molecule has 3 N–H and O–H groups in total. The van der Waals surface area contributed by atoms with Crippen LogP contribution in [0.15, 0.2) is 59.4 Å². The van der Waals surface area contributed by atoms with E-state index in [-0.39, 0.29) is 17.3 Å². The van der Waals surface area contributed by atoms with Crippen LogP contribution in [0.3, 0.4) is 0 Å². The average Bonchev–Trinajstić information content (AvgIpc) is 3.03. The minimum Gasteiger partial charge on any atom is -0.481 e. The lowest BCUT2D eigenvalue weighted by Gasteiger charge is -2.28. The van der Waals surface area contributed by atoms with Gasteiger partial charge in [0.05, 0.1) is 30.5 Å². The number of ether oxygens (including phenoxy) is 2. The third kappa shape index (κ3) is 6.34. The molecule has 1 saturated heterocycles. The number of aliphatic hydroxyl groups is 1. The van der Waals surface area contributed by atoms with Gasteiger partial charge in [0, 0.05) is 48.6 Å². The van der Waals surface area contributed by atoms with Crippen LogP contribution in [0.2, 0.25) is 5.02 Å². The second-order valence-electron chi connectivity index (χ2n) is 10.4. The van der Waals surface area contributed by atoms with Crippen molar-refractivity contribution >= 4 is 23.2 Å². The lowest BCUT2D eigenvalue weighted by molar-refractivity contribution is -0.0281. The summed E-state index contributed by atoms with van der Waals surface area (Å²) in [5.74, 6) is -0.206. The van der Waals surface area contributed by atoms with Gasteiger partial charge >= 0.3 is 0 Å². The minimum atomic E-state index is -0.651. The first-order valence-electron chi connectivity index (χ1n) is 13.9. The molecule has 2 aromatic carbocycles. The molecule has 1 amide bonds. The van der Waals surface area contributed by atoms with Crippen LogP contribution in [-0.4, -0.2) is 58.2 Å². The number of nitriles is 1. The van der Waals surface area contributed by atoms with E-state index in [0.29, 0.717) is 54.0 Å². The molecule has 1 fully saturated rings. The summed E-state index contributed by atoms with van der Waals surface area (Å²) in [6.45, 7) is 3.22. The number of halogens is 1. The second kappa shape index (κ2) is 13.4. The Morgan fingerprint density at radius 3 is 2.70 bits per heavy atom. The molecule has 3 heterocycles. The molecule has 226 valence electrons. The Bertz CT molecular complexity index is 1820. The summed E-state index contributed by atoms with van der Waals surface area (Å²) in [6.07, 6.45) is 0.143. The minimum absolute atomic E-state index is 0.0426. The van der Waals surface area contributed by atoms with Gasteiger partial charge in [0.2, 0.25) is 5.88 Å². The zero-order chi connectivity index (χ0) is 31.4. The number of aromatic nitrogens is 3. The number of carbonyl (C=O) groups excluding carboxylic acids is 1. The Kier molecular flexibility index (Phi) is 9.37. The van der Waals surface area contributed by atoms with Gasteiger partial charge in [-0.3, -0.25) is 9.59 Å². The molecule has 1 aliphatic heterocycles. The van der Waals surface area contributed by atoms with Gasteiger partial charge < -0.3 is 25.2 Å². The van der Waals surface area contributed by atoms with Gasteiger partial charge in [-0.2, -0.15) is 10.4 Å². The van der Waals surface area contributed by atoms with E-state index < -0.39 is 17.6 Å². The summed E-state index contributed by atoms with van der Waals surface area (Å²) in [5, 5.41) is 29.9. The second-order valence-corrected chi connectivity index (χ2v) is 10.7. The van der Waals surface area contributed by atoms with Crippen LogP contribution in [0.25, 0.3) is 22.4 Å². The van der Waals surface area contributed by atoms with Crippen molar-refractivity contribution in [1.29, 1.82) is 5.26 Å². The smallest absolute Gasteiger partial charge is 0.279 e. The quantitative estimate of drug-likeness (QED) is 0.269. The SMILES string of the molecule is COc1nc(-c2cccc(-c3cccc(NC(=O)c4cc(C#N)nn(C)c4=O)c3C)c2Cl)ccc1CN[C@@H]1CCOC[C@@H]1O. The number of hydrogen-bond acceptors (Lipinski definition) is 9. The van der Waals surface area contributed by atoms with Crippen molar-refractivity contribution in [2.24, 2.45) is 7.05 Å². The van der Waals surface area contributed by atoms with Crippen molar-refractivity contribution < 1.29 is 19.4 Å². The van der Waals surface area contributed by atoms with Gasteiger partial charge in [0.15, 0.2) is 5.69 Å². The monoisotopic (exact) mass is 614 g/mol. The predicted molar refractivity (Wildman–Crippen MR) is 166 cm³/mol. The molecule has 2 atom stereocenters. The molecule has 4 aromatic rings. The van der Waals surface area contributed by atoms with E-state index >= 15 is 0 Å². The van der Waals surface area contributed by atoms with Crippen LogP contribution in [0, 0.1) is 18.3 Å². The Balaban J connectivity index is 1.42. The first kappa shape index (κ1) is 30.8. The predicted octanol–water partition coefficient (Wildman–Crippen LogP) is 3.84. The maximum Gasteiger partial charge on any atom is 0.279 e. The highest BCUT2D eigenvalue weighted by molar-refractivity contribution is 6.36. The first-order valence-corrected chi connectivity index (χ1v) is 14.3. The summed E-state index contributed by atoms with van der Waals surface area (Å²) in [4.78, 5) is 30.3. The standard InChI is InChI=1S/C32H31ClN6O5/c1-18-21(6-5-9-25(18)36-30(41)24-14-20(15-34)38-39(2)32(24)42)22-7-4-8-23(29(22)33)26-11-10-19(31(37-26)43-3)16-35-27-12-13-44-17-28(27)40/h4-11,14,27-28,35,40H,12-13,16-17H2,1-3H3,(H,36,41)/t27-,28+/m1/s1. The zero-order valence-electron chi connectivity index (χ0n) is 24.4. The molecular formula is C32H31ClN6O5. The van der Waals surface area contributed by atoms with E-state index in [0.717, 1.165) is 26.9 Å². The number of benzene rings is 2. The lowest BCUT2D eigenvalue weighted by Crippen LogP contribution is -2.46. The average molecular weight is 615 g/mol. The highest BCUT2D eigenvalue weighted by Gasteiger charge is 2.24. The van der Waals surface area contributed by atoms with Crippen molar-refractivity contribution in [3.63, 3.8) is 0 Å². The third-order valence-electron chi connectivity index (χ3n) is 7.58. The van der Waals surface area contributed by atoms with Crippen molar-refractivity contribution in [3.05, 3.63) is 92.4 Å². The van der Waals surface area contributed by atoms with E-state index in [1.165, 1.54) is 13.1 Å². The van der Waals surface area contributed by atoms with Crippen molar-refractivity contribution in [2.45, 2.75) is 32.0 Å². The molecule has 5 rings (SSSR count).